The van der Waals surface area contributed by atoms with Crippen LogP contribution in [0.25, 0.3) is 0 Å². The van der Waals surface area contributed by atoms with Gasteiger partial charge >= 0.3 is 0 Å². The molecular formula is C11H20O. The summed E-state index contributed by atoms with van der Waals surface area (Å²) in [6.45, 7) is 6.81. The van der Waals surface area contributed by atoms with Gasteiger partial charge in [0.2, 0.25) is 0 Å². The predicted octanol–water partition coefficient (Wildman–Crippen LogP) is 3.04. The van der Waals surface area contributed by atoms with Crippen LogP contribution >= 0.6 is 0 Å². The molecule has 0 bridgehead atoms. The molecular weight excluding hydrogens is 148 g/mol. The second kappa shape index (κ2) is 4.06. The summed E-state index contributed by atoms with van der Waals surface area (Å²) in [5, 5.41) is 0. The van der Waals surface area contributed by atoms with Crippen molar-refractivity contribution in [3.05, 3.63) is 0 Å². The molecule has 1 saturated carbocycles. The lowest BCUT2D eigenvalue weighted by molar-refractivity contribution is -0.117. The summed E-state index contributed by atoms with van der Waals surface area (Å²) in [7, 11) is 0. The van der Waals surface area contributed by atoms with Crippen molar-refractivity contribution < 1.29 is 4.79 Å². The summed E-state index contributed by atoms with van der Waals surface area (Å²) in [4.78, 5) is 11.0. The van der Waals surface area contributed by atoms with E-state index in [1.807, 2.05) is 0 Å². The molecule has 0 saturated heterocycles. The summed E-state index contributed by atoms with van der Waals surface area (Å²) < 4.78 is 0. The standard InChI is InChI=1S/C11H20O/c1-8(2)6-9(3)10-4-5-11(12)7-10/h8-10H,4-7H2,1-3H3. The highest BCUT2D eigenvalue weighted by molar-refractivity contribution is 5.80. The zero-order chi connectivity index (χ0) is 9.14. The minimum atomic E-state index is 0.482. The van der Waals surface area contributed by atoms with Crippen LogP contribution in [0.1, 0.15) is 46.5 Å². The summed E-state index contributed by atoms with van der Waals surface area (Å²) in [6, 6.07) is 0. The third kappa shape index (κ3) is 2.62. The Morgan fingerprint density at radius 1 is 1.42 bits per heavy atom. The van der Waals surface area contributed by atoms with Crippen molar-refractivity contribution in [2.45, 2.75) is 46.5 Å². The topological polar surface area (TPSA) is 17.1 Å². The van der Waals surface area contributed by atoms with Gasteiger partial charge in [-0.2, -0.15) is 0 Å². The van der Waals surface area contributed by atoms with Gasteiger partial charge in [0.25, 0.3) is 0 Å². The molecule has 0 aromatic carbocycles. The monoisotopic (exact) mass is 168 g/mol. The average Bonchev–Trinajstić information content (AvgIpc) is 2.34. The Labute approximate surface area is 75.5 Å². The lowest BCUT2D eigenvalue weighted by Crippen LogP contribution is -2.11. The quantitative estimate of drug-likeness (QED) is 0.633. The van der Waals surface area contributed by atoms with Crippen LogP contribution in [0, 0.1) is 17.8 Å². The highest BCUT2D eigenvalue weighted by Crippen LogP contribution is 2.32. The van der Waals surface area contributed by atoms with Crippen LogP contribution in [-0.2, 0) is 4.79 Å². The first-order valence-electron chi connectivity index (χ1n) is 5.11. The van der Waals surface area contributed by atoms with Gasteiger partial charge in [-0.3, -0.25) is 4.79 Å². The van der Waals surface area contributed by atoms with Crippen LogP contribution in [0.2, 0.25) is 0 Å². The molecule has 0 heterocycles. The minimum Gasteiger partial charge on any atom is -0.300 e. The van der Waals surface area contributed by atoms with Crippen LogP contribution in [0.5, 0.6) is 0 Å². The largest absolute Gasteiger partial charge is 0.300 e. The first-order valence-corrected chi connectivity index (χ1v) is 5.11. The SMILES string of the molecule is CC(C)CC(C)C1CCC(=O)C1. The minimum absolute atomic E-state index is 0.482. The highest BCUT2D eigenvalue weighted by Gasteiger charge is 2.26. The molecule has 1 nitrogen and oxygen atoms in total. The lowest BCUT2D eigenvalue weighted by atomic mass is 9.86. The maximum Gasteiger partial charge on any atom is 0.133 e. The zero-order valence-electron chi connectivity index (χ0n) is 8.47. The molecule has 0 amide bonds. The number of carbonyl (C=O) groups is 1. The first-order chi connectivity index (χ1) is 5.59. The Kier molecular flexibility index (Phi) is 3.30. The number of hydrogen-bond donors (Lipinski definition) is 0. The second-order valence-electron chi connectivity index (χ2n) is 4.65. The zero-order valence-corrected chi connectivity index (χ0v) is 8.47. The van der Waals surface area contributed by atoms with Gasteiger partial charge in [0.05, 0.1) is 0 Å². The van der Waals surface area contributed by atoms with Gasteiger partial charge in [-0.1, -0.05) is 20.8 Å². The molecule has 0 aliphatic heterocycles. The van der Waals surface area contributed by atoms with Gasteiger partial charge in [0.1, 0.15) is 5.78 Å². The van der Waals surface area contributed by atoms with Crippen molar-refractivity contribution in [2.75, 3.05) is 0 Å². The molecule has 12 heavy (non-hydrogen) atoms. The van der Waals surface area contributed by atoms with Crippen LogP contribution in [0.4, 0.5) is 0 Å². The summed E-state index contributed by atoms with van der Waals surface area (Å²) in [6.07, 6.45) is 4.12. The van der Waals surface area contributed by atoms with E-state index in [0.717, 1.165) is 31.1 Å². The van der Waals surface area contributed by atoms with E-state index in [0.29, 0.717) is 11.7 Å². The maximum atomic E-state index is 11.0. The van der Waals surface area contributed by atoms with Gasteiger partial charge in [-0.05, 0) is 30.6 Å². The Morgan fingerprint density at radius 3 is 2.50 bits per heavy atom. The highest BCUT2D eigenvalue weighted by atomic mass is 16.1. The van der Waals surface area contributed by atoms with Gasteiger partial charge in [-0.25, -0.2) is 0 Å². The Balaban J connectivity index is 2.32. The molecule has 1 aliphatic rings. The van der Waals surface area contributed by atoms with E-state index in [9.17, 15) is 4.79 Å². The molecule has 0 radical (unpaired) electrons. The van der Waals surface area contributed by atoms with Crippen LogP contribution < -0.4 is 0 Å². The van der Waals surface area contributed by atoms with E-state index in [-0.39, 0.29) is 0 Å². The molecule has 2 unspecified atom stereocenters. The molecule has 1 rings (SSSR count). The van der Waals surface area contributed by atoms with Crippen LogP contribution in [0.3, 0.4) is 0 Å². The van der Waals surface area contributed by atoms with Crippen molar-refractivity contribution in [1.82, 2.24) is 0 Å². The van der Waals surface area contributed by atoms with E-state index in [1.165, 1.54) is 6.42 Å². The molecule has 0 spiro atoms. The van der Waals surface area contributed by atoms with Crippen molar-refractivity contribution in [2.24, 2.45) is 17.8 Å². The Morgan fingerprint density at radius 2 is 2.08 bits per heavy atom. The second-order valence-corrected chi connectivity index (χ2v) is 4.65. The molecule has 0 aromatic rings. The summed E-state index contributed by atoms with van der Waals surface area (Å²) in [5.41, 5.74) is 0. The van der Waals surface area contributed by atoms with E-state index in [2.05, 4.69) is 20.8 Å². The molecule has 1 fully saturated rings. The normalized spacial score (nSPS) is 26.7. The van der Waals surface area contributed by atoms with Gasteiger partial charge in [0, 0.05) is 12.8 Å². The fourth-order valence-electron chi connectivity index (χ4n) is 2.26. The fourth-order valence-corrected chi connectivity index (χ4v) is 2.26. The summed E-state index contributed by atoms with van der Waals surface area (Å²) >= 11 is 0. The molecule has 1 heteroatoms. The number of carbonyl (C=O) groups excluding carboxylic acids is 1. The summed E-state index contributed by atoms with van der Waals surface area (Å²) in [5.74, 6) is 2.70. The van der Waals surface area contributed by atoms with Crippen molar-refractivity contribution in [3.63, 3.8) is 0 Å². The molecule has 1 aliphatic carbocycles. The Bertz CT molecular complexity index is 160. The number of Topliss-reactive ketones (excluding diaryl/α,β-unsaturated/α-hetero) is 1. The molecule has 2 atom stereocenters. The number of hydrogen-bond acceptors (Lipinski definition) is 1. The van der Waals surface area contributed by atoms with Gasteiger partial charge in [-0.15, -0.1) is 0 Å². The number of ketones is 1. The van der Waals surface area contributed by atoms with E-state index >= 15 is 0 Å². The molecule has 70 valence electrons. The van der Waals surface area contributed by atoms with Crippen molar-refractivity contribution >= 4 is 5.78 Å². The fraction of sp³-hybridized carbons (Fsp3) is 0.909. The third-order valence-electron chi connectivity index (χ3n) is 2.93. The predicted molar refractivity (Wildman–Crippen MR) is 51.0 cm³/mol. The average molecular weight is 168 g/mol. The van der Waals surface area contributed by atoms with Crippen LogP contribution in [-0.4, -0.2) is 5.78 Å². The smallest absolute Gasteiger partial charge is 0.133 e. The number of rotatable bonds is 3. The third-order valence-corrected chi connectivity index (χ3v) is 2.93. The van der Waals surface area contributed by atoms with E-state index in [1.54, 1.807) is 0 Å². The van der Waals surface area contributed by atoms with E-state index in [4.69, 9.17) is 0 Å². The van der Waals surface area contributed by atoms with Crippen molar-refractivity contribution in [3.8, 4) is 0 Å². The first kappa shape index (κ1) is 9.76. The Hall–Kier alpha value is -0.330. The van der Waals surface area contributed by atoms with Crippen LogP contribution in [0.15, 0.2) is 0 Å². The lowest BCUT2D eigenvalue weighted by Gasteiger charge is -2.19. The van der Waals surface area contributed by atoms with Gasteiger partial charge < -0.3 is 0 Å². The van der Waals surface area contributed by atoms with Crippen molar-refractivity contribution in [1.29, 1.82) is 0 Å². The molecule has 0 aromatic heterocycles. The van der Waals surface area contributed by atoms with E-state index < -0.39 is 0 Å². The van der Waals surface area contributed by atoms with Gasteiger partial charge in [0.15, 0.2) is 0 Å². The molecule has 0 N–H and O–H groups in total. The maximum absolute atomic E-state index is 11.0.